The molecule has 38 heavy (non-hydrogen) atoms. The monoisotopic (exact) mass is 532 g/mol. The summed E-state index contributed by atoms with van der Waals surface area (Å²) in [5.41, 5.74) is 4.58. The molecule has 0 bridgehead atoms. The highest BCUT2D eigenvalue weighted by molar-refractivity contribution is 6.11. The number of rotatable bonds is 12. The molecular weight excluding hydrogens is 488 g/mol. The van der Waals surface area contributed by atoms with Gasteiger partial charge >= 0.3 is 12.1 Å². The Morgan fingerprint density at radius 3 is 2.39 bits per heavy atom. The average molecular weight is 533 g/mol. The summed E-state index contributed by atoms with van der Waals surface area (Å²) in [7, 11) is 0. The van der Waals surface area contributed by atoms with Crippen LogP contribution >= 0.6 is 0 Å². The molecule has 1 aromatic rings. The number of unbranched alkanes of at least 4 members (excludes halogenated alkanes) is 1. The van der Waals surface area contributed by atoms with Crippen LogP contribution in [0.5, 0.6) is 0 Å². The van der Waals surface area contributed by atoms with Crippen molar-refractivity contribution in [2.24, 2.45) is 11.7 Å². The van der Waals surface area contributed by atoms with E-state index in [4.69, 9.17) is 15.2 Å². The lowest BCUT2D eigenvalue weighted by molar-refractivity contribution is -0.175. The molecule has 1 aliphatic heterocycles. The zero-order valence-electron chi connectivity index (χ0n) is 23.4. The van der Waals surface area contributed by atoms with Crippen molar-refractivity contribution < 1.29 is 28.7 Å². The van der Waals surface area contributed by atoms with Gasteiger partial charge in [-0.25, -0.2) is 9.59 Å². The minimum absolute atomic E-state index is 0.173. The number of hydrogen-bond acceptors (Lipinski definition) is 7. The Morgan fingerprint density at radius 2 is 1.76 bits per heavy atom. The van der Waals surface area contributed by atoms with Crippen LogP contribution in [0.15, 0.2) is 30.3 Å². The van der Waals surface area contributed by atoms with E-state index < -0.39 is 41.1 Å². The topological polar surface area (TPSA) is 140 Å². The Kier molecular flexibility index (Phi) is 11.6. The summed E-state index contributed by atoms with van der Waals surface area (Å²) in [4.78, 5) is 53.3. The zero-order chi connectivity index (χ0) is 28.3. The number of likely N-dealkylation sites (tertiary alicyclic amines) is 1. The zero-order valence-corrected chi connectivity index (χ0v) is 23.4. The highest BCUT2D eigenvalue weighted by Gasteiger charge is 2.58. The van der Waals surface area contributed by atoms with Crippen molar-refractivity contribution in [1.29, 1.82) is 0 Å². The third-order valence-corrected chi connectivity index (χ3v) is 6.17. The van der Waals surface area contributed by atoms with Crippen LogP contribution < -0.4 is 16.4 Å². The fourth-order valence-electron chi connectivity index (χ4n) is 4.24. The van der Waals surface area contributed by atoms with E-state index in [9.17, 15) is 19.2 Å². The van der Waals surface area contributed by atoms with Gasteiger partial charge in [-0.15, -0.1) is 0 Å². The smallest absolute Gasteiger partial charge is 0.407 e. The van der Waals surface area contributed by atoms with Crippen LogP contribution in [0, 0.1) is 5.92 Å². The van der Waals surface area contributed by atoms with Crippen molar-refractivity contribution >= 4 is 23.9 Å². The first-order chi connectivity index (χ1) is 17.9. The first-order valence-corrected chi connectivity index (χ1v) is 13.4. The fraction of sp³-hybridized carbons (Fsp3) is 0.643. The van der Waals surface area contributed by atoms with Crippen LogP contribution in [0.3, 0.4) is 0 Å². The molecule has 3 amide bonds. The minimum atomic E-state index is -1.74. The number of nitrogens with two attached hydrogens (primary N) is 1. The van der Waals surface area contributed by atoms with Crippen LogP contribution in [-0.2, 0) is 30.5 Å². The van der Waals surface area contributed by atoms with Crippen molar-refractivity contribution in [2.75, 3.05) is 19.6 Å². The number of carbonyl (C=O) groups excluding carboxylic acids is 4. The Hall–Kier alpha value is -3.14. The van der Waals surface area contributed by atoms with E-state index in [-0.39, 0.29) is 25.5 Å². The Morgan fingerprint density at radius 1 is 1.08 bits per heavy atom. The van der Waals surface area contributed by atoms with E-state index in [1.807, 2.05) is 44.2 Å². The second-order valence-corrected chi connectivity index (χ2v) is 11.2. The SMILES string of the molecule is CC(C)CNC(=O)[C@]1(C(=O)OC(C)(C)C)CCCN1C(=O)[C@@H](N)CCCCNC(=O)OCc1ccccc1. The standard InChI is InChI=1S/C28H44N4O6/c1-20(2)18-31-24(34)28(25(35)38-27(3,4)5)15-11-17-32(28)23(33)22(29)14-9-10-16-30-26(36)37-19-21-12-7-6-8-13-21/h6-8,12-13,20,22H,9-11,14-19,29H2,1-5H3,(H,30,36)(H,31,34)/t22-,28-/m0/s1. The minimum Gasteiger partial charge on any atom is -0.458 e. The maximum Gasteiger partial charge on any atom is 0.407 e. The van der Waals surface area contributed by atoms with Crippen molar-refractivity contribution in [1.82, 2.24) is 15.5 Å². The molecule has 1 aliphatic rings. The van der Waals surface area contributed by atoms with Crippen molar-refractivity contribution in [3.05, 3.63) is 35.9 Å². The van der Waals surface area contributed by atoms with Gasteiger partial charge in [0.15, 0.2) is 0 Å². The second-order valence-electron chi connectivity index (χ2n) is 11.2. The van der Waals surface area contributed by atoms with Crippen molar-refractivity contribution in [2.45, 2.75) is 90.5 Å². The van der Waals surface area contributed by atoms with Gasteiger partial charge in [0.2, 0.25) is 11.4 Å². The lowest BCUT2D eigenvalue weighted by Gasteiger charge is -2.38. The van der Waals surface area contributed by atoms with Crippen molar-refractivity contribution in [3.8, 4) is 0 Å². The van der Waals surface area contributed by atoms with Crippen LogP contribution in [0.2, 0.25) is 0 Å². The van der Waals surface area contributed by atoms with Gasteiger partial charge in [0, 0.05) is 19.6 Å². The maximum absolute atomic E-state index is 13.4. The number of carbonyl (C=O) groups is 4. The Labute approximate surface area is 226 Å². The number of ether oxygens (including phenoxy) is 2. The number of nitrogens with zero attached hydrogens (tertiary/aromatic N) is 1. The molecule has 212 valence electrons. The molecular formula is C28H44N4O6. The normalized spacial score (nSPS) is 18.1. The highest BCUT2D eigenvalue weighted by Crippen LogP contribution is 2.33. The quantitative estimate of drug-likeness (QED) is 0.214. The molecule has 1 fully saturated rings. The summed E-state index contributed by atoms with van der Waals surface area (Å²) >= 11 is 0. The van der Waals surface area contributed by atoms with E-state index in [1.165, 1.54) is 4.90 Å². The Balaban J connectivity index is 1.92. The van der Waals surface area contributed by atoms with Gasteiger partial charge in [-0.05, 0) is 64.4 Å². The summed E-state index contributed by atoms with van der Waals surface area (Å²) < 4.78 is 10.8. The van der Waals surface area contributed by atoms with E-state index in [2.05, 4.69) is 10.6 Å². The van der Waals surface area contributed by atoms with Crippen LogP contribution in [0.25, 0.3) is 0 Å². The lowest BCUT2D eigenvalue weighted by atomic mass is 9.93. The molecule has 2 atom stereocenters. The molecule has 0 radical (unpaired) electrons. The summed E-state index contributed by atoms with van der Waals surface area (Å²) in [6, 6.07) is 8.49. The summed E-state index contributed by atoms with van der Waals surface area (Å²) in [5, 5.41) is 5.51. The molecule has 1 heterocycles. The first kappa shape index (κ1) is 31.1. The third-order valence-electron chi connectivity index (χ3n) is 6.17. The summed E-state index contributed by atoms with van der Waals surface area (Å²) in [6.07, 6.45) is 1.65. The average Bonchev–Trinajstić information content (AvgIpc) is 3.31. The number of amides is 3. The van der Waals surface area contributed by atoms with Crippen molar-refractivity contribution in [3.63, 3.8) is 0 Å². The molecule has 10 heteroatoms. The summed E-state index contributed by atoms with van der Waals surface area (Å²) in [5.74, 6) is -1.55. The molecule has 0 aliphatic carbocycles. The van der Waals surface area contributed by atoms with E-state index in [0.29, 0.717) is 38.8 Å². The number of alkyl carbamates (subject to hydrolysis) is 1. The molecule has 10 nitrogen and oxygen atoms in total. The van der Waals surface area contributed by atoms with Gasteiger partial charge in [0.1, 0.15) is 12.2 Å². The molecule has 0 unspecified atom stereocenters. The molecule has 4 N–H and O–H groups in total. The molecule has 2 rings (SSSR count). The summed E-state index contributed by atoms with van der Waals surface area (Å²) in [6.45, 7) is 10.3. The Bertz CT molecular complexity index is 946. The van der Waals surface area contributed by atoms with Gasteiger partial charge in [0.25, 0.3) is 5.91 Å². The van der Waals surface area contributed by atoms with Gasteiger partial charge in [-0.1, -0.05) is 44.2 Å². The molecule has 0 saturated carbocycles. The number of benzene rings is 1. The molecule has 0 aromatic heterocycles. The van der Waals surface area contributed by atoms with Gasteiger partial charge in [-0.3, -0.25) is 9.59 Å². The number of nitrogens with one attached hydrogen (secondary N) is 2. The van der Waals surface area contributed by atoms with Gasteiger partial charge in [0.05, 0.1) is 6.04 Å². The van der Waals surface area contributed by atoms with Crippen LogP contribution in [0.1, 0.15) is 72.3 Å². The number of esters is 1. The van der Waals surface area contributed by atoms with E-state index in [0.717, 1.165) is 5.56 Å². The molecule has 0 spiro atoms. The number of hydrogen-bond donors (Lipinski definition) is 3. The van der Waals surface area contributed by atoms with E-state index >= 15 is 0 Å². The maximum atomic E-state index is 13.4. The molecule has 1 aromatic carbocycles. The second kappa shape index (κ2) is 14.1. The largest absolute Gasteiger partial charge is 0.458 e. The van der Waals surface area contributed by atoms with Crippen LogP contribution in [-0.4, -0.2) is 65.6 Å². The lowest BCUT2D eigenvalue weighted by Crippen LogP contribution is -2.65. The van der Waals surface area contributed by atoms with Gasteiger partial charge < -0.3 is 30.7 Å². The fourth-order valence-corrected chi connectivity index (χ4v) is 4.24. The first-order valence-electron chi connectivity index (χ1n) is 13.4. The van der Waals surface area contributed by atoms with Gasteiger partial charge in [-0.2, -0.15) is 0 Å². The predicted octanol–water partition coefficient (Wildman–Crippen LogP) is 2.89. The van der Waals surface area contributed by atoms with Crippen LogP contribution in [0.4, 0.5) is 4.79 Å². The highest BCUT2D eigenvalue weighted by atomic mass is 16.6. The van der Waals surface area contributed by atoms with E-state index in [1.54, 1.807) is 20.8 Å². The predicted molar refractivity (Wildman–Crippen MR) is 144 cm³/mol. The molecule has 1 saturated heterocycles. The third kappa shape index (κ3) is 9.01.